The molecule has 0 unspecified atom stereocenters. The van der Waals surface area contributed by atoms with Gasteiger partial charge >= 0.3 is 5.97 Å². The first-order valence-corrected chi connectivity index (χ1v) is 6.31. The number of thioether (sulfide) groups is 1. The minimum atomic E-state index is -0.462. The Labute approximate surface area is 111 Å². The summed E-state index contributed by atoms with van der Waals surface area (Å²) in [5, 5.41) is 10.6. The summed E-state index contributed by atoms with van der Waals surface area (Å²) in [6.07, 6.45) is 0. The van der Waals surface area contributed by atoms with Gasteiger partial charge in [0.15, 0.2) is 0 Å². The number of benzene rings is 1. The molecule has 0 fully saturated rings. The van der Waals surface area contributed by atoms with Crippen LogP contribution in [0.3, 0.4) is 0 Å². The number of halogens is 1. The molecule has 1 aromatic rings. The number of rotatable bonds is 3. The van der Waals surface area contributed by atoms with Gasteiger partial charge in [-0.15, -0.1) is 0 Å². The molecule has 0 spiro atoms. The Bertz CT molecular complexity index is 457. The largest absolute Gasteiger partial charge is 0.462 e. The fourth-order valence-electron chi connectivity index (χ4n) is 1.08. The van der Waals surface area contributed by atoms with Crippen molar-refractivity contribution in [1.82, 2.24) is 0 Å². The molecule has 0 aromatic heterocycles. The van der Waals surface area contributed by atoms with E-state index in [2.05, 4.69) is 22.6 Å². The third-order valence-electron chi connectivity index (χ3n) is 1.75. The van der Waals surface area contributed by atoms with Crippen LogP contribution in [-0.2, 0) is 4.74 Å². The summed E-state index contributed by atoms with van der Waals surface area (Å²) in [5.41, 5.74) is 6.39. The Morgan fingerprint density at radius 3 is 2.94 bits per heavy atom. The van der Waals surface area contributed by atoms with Gasteiger partial charge in [-0.25, -0.2) is 4.79 Å². The number of carbonyl (C=O) groups is 1. The lowest BCUT2D eigenvalue weighted by molar-refractivity contribution is 0.0527. The lowest BCUT2D eigenvalue weighted by Crippen LogP contribution is -2.08. The maximum atomic E-state index is 11.5. The minimum absolute atomic E-state index is 0.297. The topological polar surface area (TPSA) is 76.1 Å². The fourth-order valence-corrected chi connectivity index (χ4v) is 2.33. The number of carbonyl (C=O) groups excluding carboxylic acids is 1. The van der Waals surface area contributed by atoms with E-state index in [-0.39, 0.29) is 0 Å². The van der Waals surface area contributed by atoms with Crippen LogP contribution in [0.4, 0.5) is 5.69 Å². The average molecular weight is 348 g/mol. The molecule has 0 saturated carbocycles. The number of ether oxygens (including phenoxy) is 1. The molecule has 2 N–H and O–H groups in total. The Morgan fingerprint density at radius 2 is 2.38 bits per heavy atom. The van der Waals surface area contributed by atoms with E-state index >= 15 is 0 Å². The van der Waals surface area contributed by atoms with Crippen LogP contribution in [0.2, 0.25) is 0 Å². The van der Waals surface area contributed by atoms with Crippen molar-refractivity contribution in [2.75, 3.05) is 12.3 Å². The molecule has 0 bridgehead atoms. The van der Waals surface area contributed by atoms with Crippen molar-refractivity contribution in [2.45, 2.75) is 11.8 Å². The zero-order chi connectivity index (χ0) is 12.1. The van der Waals surface area contributed by atoms with Gasteiger partial charge in [0, 0.05) is 14.2 Å². The number of hydrogen-bond acceptors (Lipinski definition) is 5. The molecule has 0 saturated heterocycles. The van der Waals surface area contributed by atoms with Crippen LogP contribution in [0.5, 0.6) is 0 Å². The first kappa shape index (κ1) is 13.1. The average Bonchev–Trinajstić information content (AvgIpc) is 2.22. The SMILES string of the molecule is CCOC(=O)c1cc(SC#N)c(I)cc1N. The van der Waals surface area contributed by atoms with Crippen molar-refractivity contribution < 1.29 is 9.53 Å². The third kappa shape index (κ3) is 3.02. The highest BCUT2D eigenvalue weighted by molar-refractivity contribution is 14.1. The van der Waals surface area contributed by atoms with Crippen LogP contribution in [-0.4, -0.2) is 12.6 Å². The van der Waals surface area contributed by atoms with Gasteiger partial charge in [-0.3, -0.25) is 0 Å². The molecular weight excluding hydrogens is 339 g/mol. The Kier molecular flexibility index (Phi) is 4.89. The van der Waals surface area contributed by atoms with Crippen LogP contribution in [0.25, 0.3) is 0 Å². The third-order valence-corrected chi connectivity index (χ3v) is 3.66. The van der Waals surface area contributed by atoms with Gasteiger partial charge in [-0.05, 0) is 53.4 Å². The normalized spacial score (nSPS) is 9.56. The number of nitrogen functional groups attached to an aromatic ring is 1. The maximum Gasteiger partial charge on any atom is 0.340 e. The number of hydrogen-bond donors (Lipinski definition) is 1. The van der Waals surface area contributed by atoms with Crippen molar-refractivity contribution in [3.63, 3.8) is 0 Å². The van der Waals surface area contributed by atoms with Crippen LogP contribution >= 0.6 is 34.4 Å². The summed E-state index contributed by atoms with van der Waals surface area (Å²) in [6, 6.07) is 3.25. The zero-order valence-corrected chi connectivity index (χ0v) is 11.5. The number of nitrogens with zero attached hydrogens (tertiary/aromatic N) is 1. The van der Waals surface area contributed by atoms with Crippen LogP contribution < -0.4 is 5.73 Å². The molecule has 0 radical (unpaired) electrons. The highest BCUT2D eigenvalue weighted by Crippen LogP contribution is 2.28. The number of nitrogens with two attached hydrogens (primary N) is 1. The van der Waals surface area contributed by atoms with Gasteiger partial charge in [0.25, 0.3) is 0 Å². The van der Waals surface area contributed by atoms with E-state index in [4.69, 9.17) is 15.7 Å². The van der Waals surface area contributed by atoms with Crippen molar-refractivity contribution in [3.05, 3.63) is 21.3 Å². The van der Waals surface area contributed by atoms with Gasteiger partial charge in [-0.1, -0.05) is 0 Å². The van der Waals surface area contributed by atoms with Crippen molar-refractivity contribution in [3.8, 4) is 5.40 Å². The standard InChI is InChI=1S/C10H9IN2O2S/c1-2-15-10(14)6-3-9(16-5-12)7(11)4-8(6)13/h3-4H,2,13H2,1H3. The number of nitriles is 1. The molecular formula is C10H9IN2O2S. The molecule has 0 aliphatic carbocycles. The first-order valence-electron chi connectivity index (χ1n) is 4.42. The van der Waals surface area contributed by atoms with E-state index in [1.54, 1.807) is 19.1 Å². The lowest BCUT2D eigenvalue weighted by Gasteiger charge is -2.07. The number of thiocyanates is 1. The van der Waals surface area contributed by atoms with Crippen molar-refractivity contribution in [1.29, 1.82) is 5.26 Å². The molecule has 0 aliphatic heterocycles. The minimum Gasteiger partial charge on any atom is -0.462 e. The van der Waals surface area contributed by atoms with Gasteiger partial charge in [-0.2, -0.15) is 5.26 Å². The molecule has 0 heterocycles. The second kappa shape index (κ2) is 5.96. The molecule has 84 valence electrons. The number of anilines is 1. The highest BCUT2D eigenvalue weighted by Gasteiger charge is 2.14. The van der Waals surface area contributed by atoms with Gasteiger partial charge in [0.2, 0.25) is 0 Å². The van der Waals surface area contributed by atoms with E-state index in [0.717, 1.165) is 15.3 Å². The van der Waals surface area contributed by atoms with Gasteiger partial charge in [0.1, 0.15) is 5.40 Å². The lowest BCUT2D eigenvalue weighted by atomic mass is 10.2. The second-order valence-corrected chi connectivity index (χ2v) is 4.77. The van der Waals surface area contributed by atoms with E-state index in [0.29, 0.717) is 22.8 Å². The first-order chi connectivity index (χ1) is 7.60. The Balaban J connectivity index is 3.15. The molecule has 6 heteroatoms. The maximum absolute atomic E-state index is 11.5. The van der Waals surface area contributed by atoms with Gasteiger partial charge < -0.3 is 10.5 Å². The van der Waals surface area contributed by atoms with E-state index in [9.17, 15) is 4.79 Å². The van der Waals surface area contributed by atoms with E-state index < -0.39 is 5.97 Å². The molecule has 4 nitrogen and oxygen atoms in total. The summed E-state index contributed by atoms with van der Waals surface area (Å²) in [4.78, 5) is 12.2. The van der Waals surface area contributed by atoms with E-state index in [1.807, 2.05) is 5.40 Å². The summed E-state index contributed by atoms with van der Waals surface area (Å²) in [5.74, 6) is -0.462. The Hall–Kier alpha value is -0.940. The molecule has 1 aromatic carbocycles. The van der Waals surface area contributed by atoms with Crippen LogP contribution in [0, 0.1) is 14.2 Å². The number of esters is 1. The summed E-state index contributed by atoms with van der Waals surface area (Å²) in [7, 11) is 0. The van der Waals surface area contributed by atoms with Crippen molar-refractivity contribution in [2.24, 2.45) is 0 Å². The quantitative estimate of drug-likeness (QED) is 0.299. The van der Waals surface area contributed by atoms with Crippen molar-refractivity contribution >= 4 is 46.0 Å². The van der Waals surface area contributed by atoms with E-state index in [1.165, 1.54) is 0 Å². The predicted molar refractivity (Wildman–Crippen MR) is 71.0 cm³/mol. The Morgan fingerprint density at radius 1 is 1.69 bits per heavy atom. The fraction of sp³-hybridized carbons (Fsp3) is 0.200. The molecule has 0 aliphatic rings. The highest BCUT2D eigenvalue weighted by atomic mass is 127. The van der Waals surface area contributed by atoms with Gasteiger partial charge in [0.05, 0.1) is 12.2 Å². The summed E-state index contributed by atoms with van der Waals surface area (Å²) in [6.45, 7) is 2.02. The molecule has 1 rings (SSSR count). The predicted octanol–water partition coefficient (Wildman–Crippen LogP) is 2.62. The molecule has 16 heavy (non-hydrogen) atoms. The zero-order valence-electron chi connectivity index (χ0n) is 8.49. The van der Waals surface area contributed by atoms with Crippen LogP contribution in [0.15, 0.2) is 17.0 Å². The molecule has 0 atom stereocenters. The summed E-state index contributed by atoms with van der Waals surface area (Å²) < 4.78 is 5.71. The second-order valence-electron chi connectivity index (χ2n) is 2.78. The summed E-state index contributed by atoms with van der Waals surface area (Å²) >= 11 is 3.06. The smallest absolute Gasteiger partial charge is 0.340 e. The van der Waals surface area contributed by atoms with Crippen LogP contribution in [0.1, 0.15) is 17.3 Å². The monoisotopic (exact) mass is 348 g/mol. The molecule has 0 amide bonds.